The molecule has 0 unspecified atom stereocenters. The molecule has 0 aromatic heterocycles. The molecule has 1 heterocycles. The van der Waals surface area contributed by atoms with Crippen molar-refractivity contribution < 1.29 is 14.6 Å². The van der Waals surface area contributed by atoms with E-state index in [1.54, 1.807) is 0 Å². The van der Waals surface area contributed by atoms with Crippen LogP contribution in [0.2, 0.25) is 0 Å². The average molecular weight is 339 g/mol. The van der Waals surface area contributed by atoms with Gasteiger partial charge in [0, 0.05) is 15.9 Å². The molecule has 3 atom stereocenters. The molecule has 1 aromatic rings. The van der Waals surface area contributed by atoms with Gasteiger partial charge in [0.05, 0.1) is 25.4 Å². The molecule has 0 spiro atoms. The molecule has 1 aliphatic rings. The van der Waals surface area contributed by atoms with Crippen molar-refractivity contribution in [1.82, 2.24) is 0 Å². The maximum atomic E-state index is 9.88. The SMILES string of the molecule is C[C@]1(C#CBr)O[C@@H]1CC[C@@H](O)COCc1ccccc1. The number of aliphatic hydroxyl groups excluding tert-OH is 1. The first-order valence-electron chi connectivity index (χ1n) is 6.74. The molecule has 20 heavy (non-hydrogen) atoms. The van der Waals surface area contributed by atoms with Gasteiger partial charge in [0.2, 0.25) is 0 Å². The van der Waals surface area contributed by atoms with Gasteiger partial charge < -0.3 is 14.6 Å². The van der Waals surface area contributed by atoms with E-state index in [0.717, 1.165) is 12.0 Å². The van der Waals surface area contributed by atoms with Gasteiger partial charge >= 0.3 is 0 Å². The minimum atomic E-state index is -0.455. The fourth-order valence-electron chi connectivity index (χ4n) is 2.11. The second-order valence-electron chi connectivity index (χ2n) is 5.16. The zero-order chi connectivity index (χ0) is 14.4. The summed E-state index contributed by atoms with van der Waals surface area (Å²) in [4.78, 5) is 2.69. The lowest BCUT2D eigenvalue weighted by Crippen LogP contribution is -2.17. The van der Waals surface area contributed by atoms with Gasteiger partial charge in [-0.2, -0.15) is 0 Å². The third-order valence-corrected chi connectivity index (χ3v) is 3.62. The smallest absolute Gasteiger partial charge is 0.153 e. The van der Waals surface area contributed by atoms with Crippen LogP contribution in [0.4, 0.5) is 0 Å². The van der Waals surface area contributed by atoms with Crippen LogP contribution >= 0.6 is 15.9 Å². The van der Waals surface area contributed by atoms with E-state index < -0.39 is 6.10 Å². The summed E-state index contributed by atoms with van der Waals surface area (Å²) in [5.74, 6) is 2.97. The largest absolute Gasteiger partial charge is 0.391 e. The molecule has 1 fully saturated rings. The van der Waals surface area contributed by atoms with Crippen LogP contribution in [0.5, 0.6) is 0 Å². The minimum absolute atomic E-state index is 0.122. The van der Waals surface area contributed by atoms with Crippen molar-refractivity contribution >= 4 is 15.9 Å². The van der Waals surface area contributed by atoms with Crippen LogP contribution in [0.3, 0.4) is 0 Å². The summed E-state index contributed by atoms with van der Waals surface area (Å²) in [5, 5.41) is 9.88. The highest BCUT2D eigenvalue weighted by Crippen LogP contribution is 2.38. The maximum absolute atomic E-state index is 9.88. The number of rotatable bonds is 7. The molecular formula is C16H19BrO3. The molecule has 2 rings (SSSR count). The molecule has 3 nitrogen and oxygen atoms in total. The zero-order valence-corrected chi connectivity index (χ0v) is 13.1. The number of hydrogen-bond acceptors (Lipinski definition) is 3. The van der Waals surface area contributed by atoms with Gasteiger partial charge in [-0.1, -0.05) is 36.3 Å². The Morgan fingerprint density at radius 3 is 2.90 bits per heavy atom. The van der Waals surface area contributed by atoms with Crippen LogP contribution in [-0.4, -0.2) is 29.5 Å². The molecular weight excluding hydrogens is 320 g/mol. The fraction of sp³-hybridized carbons (Fsp3) is 0.500. The van der Waals surface area contributed by atoms with Crippen molar-refractivity contribution in [3.63, 3.8) is 0 Å². The lowest BCUT2D eigenvalue weighted by molar-refractivity contribution is 0.0227. The summed E-state index contributed by atoms with van der Waals surface area (Å²) in [6.07, 6.45) is 1.13. The molecule has 1 N–H and O–H groups in total. The van der Waals surface area contributed by atoms with E-state index in [2.05, 4.69) is 26.7 Å². The quantitative estimate of drug-likeness (QED) is 0.614. The number of epoxide rings is 1. The Balaban J connectivity index is 1.59. The molecule has 4 heteroatoms. The van der Waals surface area contributed by atoms with Crippen molar-refractivity contribution in [1.29, 1.82) is 0 Å². The number of halogens is 1. The normalized spacial score (nSPS) is 25.6. The number of hydrogen-bond donors (Lipinski definition) is 1. The molecule has 1 saturated heterocycles. The lowest BCUT2D eigenvalue weighted by Gasteiger charge is -2.10. The maximum Gasteiger partial charge on any atom is 0.153 e. The van der Waals surface area contributed by atoms with Gasteiger partial charge in [0.25, 0.3) is 0 Å². The molecule has 1 aromatic carbocycles. The Labute approximate surface area is 128 Å². The topological polar surface area (TPSA) is 42.0 Å². The second-order valence-corrected chi connectivity index (χ2v) is 5.56. The predicted octanol–water partition coefficient (Wildman–Crippen LogP) is 2.86. The van der Waals surface area contributed by atoms with Gasteiger partial charge in [-0.05, 0) is 30.2 Å². The zero-order valence-electron chi connectivity index (χ0n) is 11.5. The molecule has 1 aliphatic heterocycles. The van der Waals surface area contributed by atoms with Crippen LogP contribution in [-0.2, 0) is 16.1 Å². The third-order valence-electron chi connectivity index (χ3n) is 3.42. The molecule has 0 aliphatic carbocycles. The van der Waals surface area contributed by atoms with Crippen LogP contribution in [0, 0.1) is 10.8 Å². The molecule has 108 valence electrons. The first-order valence-corrected chi connectivity index (χ1v) is 7.54. The molecule has 0 bridgehead atoms. The molecule has 0 saturated carbocycles. The van der Waals surface area contributed by atoms with Crippen molar-refractivity contribution in [2.24, 2.45) is 0 Å². The number of benzene rings is 1. The van der Waals surface area contributed by atoms with Gasteiger partial charge in [-0.15, -0.1) is 0 Å². The van der Waals surface area contributed by atoms with Crippen molar-refractivity contribution in [3.05, 3.63) is 35.9 Å². The summed E-state index contributed by atoms with van der Waals surface area (Å²) in [6.45, 7) is 2.84. The van der Waals surface area contributed by atoms with E-state index in [1.165, 1.54) is 0 Å². The van der Waals surface area contributed by atoms with Crippen molar-refractivity contribution in [2.45, 2.75) is 44.2 Å². The van der Waals surface area contributed by atoms with Gasteiger partial charge in [-0.25, -0.2) is 0 Å². The summed E-state index contributed by atoms with van der Waals surface area (Å²) in [5.41, 5.74) is 0.777. The highest BCUT2D eigenvalue weighted by molar-refractivity contribution is 9.12. The van der Waals surface area contributed by atoms with E-state index in [9.17, 15) is 5.11 Å². The Morgan fingerprint density at radius 1 is 1.45 bits per heavy atom. The van der Waals surface area contributed by atoms with Crippen LogP contribution in [0.15, 0.2) is 30.3 Å². The Kier molecular flexibility index (Phi) is 5.62. The Morgan fingerprint density at radius 2 is 2.20 bits per heavy atom. The molecule has 0 radical (unpaired) electrons. The Bertz CT molecular complexity index is 479. The third kappa shape index (κ3) is 4.60. The highest BCUT2D eigenvalue weighted by Gasteiger charge is 2.50. The average Bonchev–Trinajstić information content (AvgIpc) is 3.08. The van der Waals surface area contributed by atoms with Gasteiger partial charge in [0.15, 0.2) is 5.60 Å². The van der Waals surface area contributed by atoms with Crippen LogP contribution in [0.1, 0.15) is 25.3 Å². The predicted molar refractivity (Wildman–Crippen MR) is 81.3 cm³/mol. The second kappa shape index (κ2) is 7.24. The first kappa shape index (κ1) is 15.5. The highest BCUT2D eigenvalue weighted by atomic mass is 79.9. The van der Waals surface area contributed by atoms with Crippen LogP contribution < -0.4 is 0 Å². The summed E-state index contributed by atoms with van der Waals surface area (Å²) < 4.78 is 11.0. The van der Waals surface area contributed by atoms with E-state index in [4.69, 9.17) is 9.47 Å². The van der Waals surface area contributed by atoms with Gasteiger partial charge in [0.1, 0.15) is 0 Å². The summed E-state index contributed by atoms with van der Waals surface area (Å²) >= 11 is 3.08. The van der Waals surface area contributed by atoms with E-state index in [1.807, 2.05) is 37.3 Å². The summed E-state index contributed by atoms with van der Waals surface area (Å²) in [7, 11) is 0. The van der Waals surface area contributed by atoms with Crippen LogP contribution in [0.25, 0.3) is 0 Å². The first-order chi connectivity index (χ1) is 9.64. The van der Waals surface area contributed by atoms with Crippen molar-refractivity contribution in [2.75, 3.05) is 6.61 Å². The van der Waals surface area contributed by atoms with E-state index in [-0.39, 0.29) is 11.7 Å². The number of ether oxygens (including phenoxy) is 2. The minimum Gasteiger partial charge on any atom is -0.391 e. The number of aliphatic hydroxyl groups is 1. The monoisotopic (exact) mass is 338 g/mol. The Hall–Kier alpha value is -0.860. The standard InChI is InChI=1S/C16H19BrO3/c1-16(9-10-17)15(20-16)8-7-14(18)12-19-11-13-5-3-2-4-6-13/h2-6,14-15,18H,7-8,11-12H2,1H3/t14-,15-,16-/m1/s1. The van der Waals surface area contributed by atoms with E-state index >= 15 is 0 Å². The van der Waals surface area contributed by atoms with Gasteiger partial charge in [-0.3, -0.25) is 0 Å². The fourth-order valence-corrected chi connectivity index (χ4v) is 2.51. The van der Waals surface area contributed by atoms with E-state index in [0.29, 0.717) is 19.6 Å². The molecule has 0 amide bonds. The van der Waals surface area contributed by atoms with Crippen molar-refractivity contribution in [3.8, 4) is 10.8 Å². The lowest BCUT2D eigenvalue weighted by atomic mass is 10.0. The summed E-state index contributed by atoms with van der Waals surface area (Å²) in [6, 6.07) is 9.95.